The number of hydrogen-bond acceptors (Lipinski definition) is 3. The van der Waals surface area contributed by atoms with E-state index in [0.717, 1.165) is 11.3 Å². The summed E-state index contributed by atoms with van der Waals surface area (Å²) in [6.45, 7) is 1.96. The number of carbonyl (C=O) groups excluding carboxylic acids is 1. The topological polar surface area (TPSA) is 77.8 Å². The van der Waals surface area contributed by atoms with Gasteiger partial charge in [0.15, 0.2) is 4.77 Å². The molecule has 1 aromatic heterocycles. The normalized spacial score (nSPS) is 10.6. The van der Waals surface area contributed by atoms with Gasteiger partial charge in [-0.3, -0.25) is 14.6 Å². The van der Waals surface area contributed by atoms with Crippen LogP contribution in [0, 0.1) is 11.7 Å². The Hall–Kier alpha value is -2.73. The fourth-order valence-electron chi connectivity index (χ4n) is 2.24. The summed E-state index contributed by atoms with van der Waals surface area (Å²) in [5, 5.41) is 3.29. The largest absolute Gasteiger partial charge is 0.332 e. The standard InChI is InChI=1S/C16H13N3O2S/c1-9-3-2-4-11(7-9)17-14(20)10-5-6-12-13(8-10)18-16(22)19-15(12)21/h2-8H,1H3,(H,17,20)(H2,18,19,21,22). The lowest BCUT2D eigenvalue weighted by Crippen LogP contribution is -2.13. The molecule has 0 saturated heterocycles. The highest BCUT2D eigenvalue weighted by Crippen LogP contribution is 2.14. The molecule has 3 rings (SSSR count). The molecule has 0 bridgehead atoms. The molecule has 110 valence electrons. The van der Waals surface area contributed by atoms with E-state index in [0.29, 0.717) is 16.5 Å². The Balaban J connectivity index is 1.98. The molecule has 0 aliphatic rings. The number of fused-ring (bicyclic) bond motifs is 1. The average molecular weight is 311 g/mol. The van der Waals surface area contributed by atoms with Crippen molar-refractivity contribution in [2.24, 2.45) is 0 Å². The van der Waals surface area contributed by atoms with Crippen LogP contribution < -0.4 is 10.9 Å². The maximum absolute atomic E-state index is 12.3. The molecular formula is C16H13N3O2S. The minimum absolute atomic E-state index is 0.230. The van der Waals surface area contributed by atoms with Crippen LogP contribution >= 0.6 is 12.2 Å². The molecule has 0 radical (unpaired) electrons. The van der Waals surface area contributed by atoms with E-state index in [4.69, 9.17) is 12.2 Å². The van der Waals surface area contributed by atoms with E-state index in [9.17, 15) is 9.59 Å². The fraction of sp³-hybridized carbons (Fsp3) is 0.0625. The van der Waals surface area contributed by atoms with Crippen molar-refractivity contribution in [3.8, 4) is 0 Å². The van der Waals surface area contributed by atoms with Crippen molar-refractivity contribution in [2.75, 3.05) is 5.32 Å². The van der Waals surface area contributed by atoms with E-state index in [1.807, 2.05) is 31.2 Å². The highest BCUT2D eigenvalue weighted by atomic mass is 32.1. The summed E-state index contributed by atoms with van der Waals surface area (Å²) in [7, 11) is 0. The summed E-state index contributed by atoms with van der Waals surface area (Å²) >= 11 is 4.94. The molecule has 0 aliphatic carbocycles. The number of rotatable bonds is 2. The Morgan fingerprint density at radius 3 is 2.73 bits per heavy atom. The van der Waals surface area contributed by atoms with Crippen LogP contribution in [0.3, 0.4) is 0 Å². The number of amides is 1. The number of H-pyrrole nitrogens is 2. The number of aryl methyl sites for hydroxylation is 1. The third-order valence-electron chi connectivity index (χ3n) is 3.28. The summed E-state index contributed by atoms with van der Waals surface area (Å²) < 4.78 is 0.230. The second-order valence-electron chi connectivity index (χ2n) is 4.99. The average Bonchev–Trinajstić information content (AvgIpc) is 2.46. The smallest absolute Gasteiger partial charge is 0.259 e. The predicted octanol–water partition coefficient (Wildman–Crippen LogP) is 3.15. The second-order valence-corrected chi connectivity index (χ2v) is 5.40. The van der Waals surface area contributed by atoms with Gasteiger partial charge >= 0.3 is 0 Å². The van der Waals surface area contributed by atoms with E-state index < -0.39 is 0 Å². The van der Waals surface area contributed by atoms with E-state index in [1.54, 1.807) is 18.2 Å². The van der Waals surface area contributed by atoms with Gasteiger partial charge in [0, 0.05) is 11.3 Å². The SMILES string of the molecule is Cc1cccc(NC(=O)c2ccc3c(=O)[nH]c(=S)[nH]c3c2)c1. The molecule has 0 spiro atoms. The van der Waals surface area contributed by atoms with Crippen LogP contribution in [0.4, 0.5) is 5.69 Å². The van der Waals surface area contributed by atoms with Gasteiger partial charge in [-0.05, 0) is 55.0 Å². The number of nitrogens with one attached hydrogen (secondary N) is 3. The van der Waals surface area contributed by atoms with Crippen LogP contribution in [0.25, 0.3) is 10.9 Å². The van der Waals surface area contributed by atoms with Crippen LogP contribution in [0.15, 0.2) is 47.3 Å². The minimum atomic E-state index is -0.274. The summed E-state index contributed by atoms with van der Waals surface area (Å²) in [6, 6.07) is 12.4. The van der Waals surface area contributed by atoms with Crippen molar-refractivity contribution in [1.82, 2.24) is 9.97 Å². The molecule has 0 atom stereocenters. The molecule has 3 aromatic rings. The third-order valence-corrected chi connectivity index (χ3v) is 3.48. The zero-order chi connectivity index (χ0) is 15.7. The monoisotopic (exact) mass is 311 g/mol. The molecule has 0 saturated carbocycles. The molecule has 1 amide bonds. The van der Waals surface area contributed by atoms with E-state index in [1.165, 1.54) is 0 Å². The molecule has 5 nitrogen and oxygen atoms in total. The molecular weight excluding hydrogens is 298 g/mol. The Bertz CT molecular complexity index is 988. The van der Waals surface area contributed by atoms with Gasteiger partial charge < -0.3 is 10.3 Å². The van der Waals surface area contributed by atoms with Gasteiger partial charge in [0.2, 0.25) is 0 Å². The number of aromatic amines is 2. The second kappa shape index (κ2) is 5.57. The number of benzene rings is 2. The lowest BCUT2D eigenvalue weighted by molar-refractivity contribution is 0.102. The molecule has 3 N–H and O–H groups in total. The minimum Gasteiger partial charge on any atom is -0.332 e. The van der Waals surface area contributed by atoms with Crippen molar-refractivity contribution in [2.45, 2.75) is 6.92 Å². The van der Waals surface area contributed by atoms with E-state index in [2.05, 4.69) is 15.3 Å². The summed E-state index contributed by atoms with van der Waals surface area (Å²) in [4.78, 5) is 29.5. The maximum atomic E-state index is 12.3. The molecule has 2 aromatic carbocycles. The zero-order valence-electron chi connectivity index (χ0n) is 11.8. The predicted molar refractivity (Wildman–Crippen MR) is 88.9 cm³/mol. The lowest BCUT2D eigenvalue weighted by Gasteiger charge is -2.07. The summed E-state index contributed by atoms with van der Waals surface area (Å²) in [6.07, 6.45) is 0. The van der Waals surface area contributed by atoms with E-state index >= 15 is 0 Å². The van der Waals surface area contributed by atoms with Gasteiger partial charge in [-0.1, -0.05) is 12.1 Å². The zero-order valence-corrected chi connectivity index (χ0v) is 12.6. The first-order chi connectivity index (χ1) is 10.5. The number of anilines is 1. The highest BCUT2D eigenvalue weighted by molar-refractivity contribution is 7.71. The Morgan fingerprint density at radius 1 is 1.14 bits per heavy atom. The van der Waals surface area contributed by atoms with Crippen molar-refractivity contribution in [1.29, 1.82) is 0 Å². The van der Waals surface area contributed by atoms with Crippen LogP contribution in [0.1, 0.15) is 15.9 Å². The first kappa shape index (κ1) is 14.2. The summed E-state index contributed by atoms with van der Waals surface area (Å²) in [5.74, 6) is -0.243. The Labute approximate surface area is 131 Å². The van der Waals surface area contributed by atoms with E-state index in [-0.39, 0.29) is 16.2 Å². The highest BCUT2D eigenvalue weighted by Gasteiger charge is 2.08. The van der Waals surface area contributed by atoms with Crippen molar-refractivity contribution < 1.29 is 4.79 Å². The molecule has 6 heteroatoms. The number of aromatic nitrogens is 2. The Morgan fingerprint density at radius 2 is 1.95 bits per heavy atom. The molecule has 22 heavy (non-hydrogen) atoms. The lowest BCUT2D eigenvalue weighted by atomic mass is 10.1. The van der Waals surface area contributed by atoms with Crippen LogP contribution in [-0.4, -0.2) is 15.9 Å². The number of hydrogen-bond donors (Lipinski definition) is 3. The van der Waals surface area contributed by atoms with Gasteiger partial charge in [0.25, 0.3) is 11.5 Å². The van der Waals surface area contributed by atoms with Crippen molar-refractivity contribution >= 4 is 34.7 Å². The molecule has 0 unspecified atom stereocenters. The fourth-order valence-corrected chi connectivity index (χ4v) is 2.44. The van der Waals surface area contributed by atoms with Gasteiger partial charge in [-0.2, -0.15) is 0 Å². The quantitative estimate of drug-likeness (QED) is 0.636. The van der Waals surface area contributed by atoms with Gasteiger partial charge in [-0.15, -0.1) is 0 Å². The summed E-state index contributed by atoms with van der Waals surface area (Å²) in [5.41, 5.74) is 2.50. The van der Waals surface area contributed by atoms with Crippen molar-refractivity contribution in [3.63, 3.8) is 0 Å². The van der Waals surface area contributed by atoms with Crippen LogP contribution in [0.5, 0.6) is 0 Å². The van der Waals surface area contributed by atoms with Gasteiger partial charge in [0.1, 0.15) is 0 Å². The third kappa shape index (κ3) is 2.82. The van der Waals surface area contributed by atoms with Gasteiger partial charge in [0.05, 0.1) is 10.9 Å². The Kier molecular flexibility index (Phi) is 3.60. The molecule has 0 aliphatic heterocycles. The van der Waals surface area contributed by atoms with Crippen LogP contribution in [0.2, 0.25) is 0 Å². The van der Waals surface area contributed by atoms with Gasteiger partial charge in [-0.25, -0.2) is 0 Å². The molecule has 1 heterocycles. The van der Waals surface area contributed by atoms with Crippen molar-refractivity contribution in [3.05, 3.63) is 68.7 Å². The van der Waals surface area contributed by atoms with Crippen LogP contribution in [-0.2, 0) is 0 Å². The molecule has 0 fully saturated rings. The first-order valence-corrected chi connectivity index (χ1v) is 7.08. The maximum Gasteiger partial charge on any atom is 0.259 e. The number of carbonyl (C=O) groups is 1. The first-order valence-electron chi connectivity index (χ1n) is 6.67.